The molecule has 3 aliphatic carbocycles. The molecule has 0 aromatic heterocycles. The van der Waals surface area contributed by atoms with Crippen molar-refractivity contribution in [3.63, 3.8) is 0 Å². The molecule has 3 heteroatoms. The first kappa shape index (κ1) is 20.4. The fourth-order valence-electron chi connectivity index (χ4n) is 8.02. The maximum Gasteiger partial charge on any atom is 0.222 e. The molecule has 0 bridgehead atoms. The smallest absolute Gasteiger partial charge is 0.222 e. The first-order valence-electron chi connectivity index (χ1n) is 11.7. The highest BCUT2D eigenvalue weighted by Crippen LogP contribution is 2.66. The molecule has 0 N–H and O–H groups in total. The van der Waals surface area contributed by atoms with Crippen LogP contribution in [0, 0.1) is 34.5 Å². The van der Waals surface area contributed by atoms with Crippen molar-refractivity contribution in [1.29, 1.82) is 0 Å². The Balaban J connectivity index is 1.57. The van der Waals surface area contributed by atoms with E-state index in [2.05, 4.69) is 52.6 Å². The SMILES string of the molecule is CC(C)=CCOC1CC[C@H]2[C@@H]3C(C)CC4N(C)C(=O)CC[C@]4(C)[C@@H]3CC[C@]12C. The molecular weight excluding hydrogens is 346 g/mol. The second-order valence-corrected chi connectivity index (χ2v) is 11.3. The van der Waals surface area contributed by atoms with Crippen molar-refractivity contribution in [3.05, 3.63) is 11.6 Å². The third-order valence-electron chi connectivity index (χ3n) is 9.63. The van der Waals surface area contributed by atoms with Gasteiger partial charge in [-0.1, -0.05) is 32.4 Å². The van der Waals surface area contributed by atoms with E-state index in [1.54, 1.807) is 0 Å². The Morgan fingerprint density at radius 1 is 1.14 bits per heavy atom. The molecule has 158 valence electrons. The number of rotatable bonds is 3. The lowest BCUT2D eigenvalue weighted by Crippen LogP contribution is -2.63. The standard InChI is InChI=1S/C25H41NO2/c1-16(2)11-14-28-21-8-7-18-23-17(3)15-20-24(4,13-10-22(27)26(20)6)19(23)9-12-25(18,21)5/h11,17-21,23H,7-10,12-15H2,1-6H3/t17?,18-,19+,20?,21?,23-,24+,25-/m0/s1. The fraction of sp³-hybridized carbons (Fsp3) is 0.880. The zero-order valence-corrected chi connectivity index (χ0v) is 19.0. The average molecular weight is 388 g/mol. The second-order valence-electron chi connectivity index (χ2n) is 11.3. The summed E-state index contributed by atoms with van der Waals surface area (Å²) in [7, 11) is 2.06. The van der Waals surface area contributed by atoms with Crippen LogP contribution in [0.5, 0.6) is 0 Å². The van der Waals surface area contributed by atoms with Crippen LogP contribution in [0.4, 0.5) is 0 Å². The lowest BCUT2D eigenvalue weighted by molar-refractivity contribution is -0.170. The van der Waals surface area contributed by atoms with Crippen molar-refractivity contribution >= 4 is 5.91 Å². The van der Waals surface area contributed by atoms with Gasteiger partial charge in [0.1, 0.15) is 0 Å². The van der Waals surface area contributed by atoms with Crippen molar-refractivity contribution in [2.45, 2.75) is 91.7 Å². The number of amides is 1. The summed E-state index contributed by atoms with van der Waals surface area (Å²) in [6, 6.07) is 0.445. The van der Waals surface area contributed by atoms with Crippen molar-refractivity contribution < 1.29 is 9.53 Å². The van der Waals surface area contributed by atoms with Crippen LogP contribution in [0.15, 0.2) is 11.6 Å². The van der Waals surface area contributed by atoms with E-state index in [1.165, 1.54) is 37.7 Å². The summed E-state index contributed by atoms with van der Waals surface area (Å²) >= 11 is 0. The predicted molar refractivity (Wildman–Crippen MR) is 114 cm³/mol. The van der Waals surface area contributed by atoms with Crippen molar-refractivity contribution in [2.24, 2.45) is 34.5 Å². The molecule has 8 atom stereocenters. The zero-order chi connectivity index (χ0) is 20.3. The average Bonchev–Trinajstić information content (AvgIpc) is 2.97. The number of piperidine rings is 1. The lowest BCUT2D eigenvalue weighted by Gasteiger charge is -2.63. The first-order chi connectivity index (χ1) is 13.2. The molecule has 4 aliphatic rings. The van der Waals surface area contributed by atoms with Gasteiger partial charge in [0, 0.05) is 19.5 Å². The summed E-state index contributed by atoms with van der Waals surface area (Å²) in [5.74, 6) is 3.43. The first-order valence-corrected chi connectivity index (χ1v) is 11.7. The molecule has 0 radical (unpaired) electrons. The number of hydrogen-bond donors (Lipinski definition) is 0. The molecule has 0 aromatic rings. The number of allylic oxidation sites excluding steroid dienone is 1. The van der Waals surface area contributed by atoms with Crippen LogP contribution < -0.4 is 0 Å². The number of carbonyl (C=O) groups excluding carboxylic acids is 1. The summed E-state index contributed by atoms with van der Waals surface area (Å²) in [6.07, 6.45) is 10.9. The van der Waals surface area contributed by atoms with Gasteiger partial charge in [-0.25, -0.2) is 0 Å². The molecule has 1 aliphatic heterocycles. The normalized spacial score (nSPS) is 47.9. The Morgan fingerprint density at radius 3 is 2.57 bits per heavy atom. The minimum absolute atomic E-state index is 0.308. The molecule has 4 rings (SSSR count). The van der Waals surface area contributed by atoms with E-state index >= 15 is 0 Å². The van der Waals surface area contributed by atoms with E-state index < -0.39 is 0 Å². The molecule has 3 nitrogen and oxygen atoms in total. The number of nitrogens with zero attached hydrogens (tertiary/aromatic N) is 1. The van der Waals surface area contributed by atoms with Gasteiger partial charge in [-0.05, 0) is 86.9 Å². The van der Waals surface area contributed by atoms with Crippen molar-refractivity contribution in [1.82, 2.24) is 4.90 Å². The van der Waals surface area contributed by atoms with Gasteiger partial charge >= 0.3 is 0 Å². The van der Waals surface area contributed by atoms with E-state index in [0.717, 1.165) is 37.2 Å². The highest BCUT2D eigenvalue weighted by molar-refractivity contribution is 5.77. The molecule has 1 amide bonds. The molecule has 4 fully saturated rings. The molecule has 1 saturated heterocycles. The zero-order valence-electron chi connectivity index (χ0n) is 19.0. The second kappa shape index (κ2) is 7.15. The van der Waals surface area contributed by atoms with Gasteiger partial charge in [-0.3, -0.25) is 4.79 Å². The van der Waals surface area contributed by atoms with Gasteiger partial charge in [0.15, 0.2) is 0 Å². The summed E-state index contributed by atoms with van der Waals surface area (Å²) in [5.41, 5.74) is 1.99. The number of ether oxygens (including phenoxy) is 1. The Kier molecular flexibility index (Phi) is 5.22. The van der Waals surface area contributed by atoms with Crippen LogP contribution in [0.1, 0.15) is 79.6 Å². The molecule has 1 heterocycles. The van der Waals surface area contributed by atoms with Gasteiger partial charge in [0.25, 0.3) is 0 Å². The molecule has 3 saturated carbocycles. The van der Waals surface area contributed by atoms with Crippen LogP contribution in [-0.4, -0.2) is 36.6 Å². The lowest BCUT2D eigenvalue weighted by atomic mass is 9.45. The summed E-state index contributed by atoms with van der Waals surface area (Å²) in [5, 5.41) is 0. The third-order valence-corrected chi connectivity index (χ3v) is 9.63. The summed E-state index contributed by atoms with van der Waals surface area (Å²) < 4.78 is 6.43. The predicted octanol–water partition coefficient (Wildman–Crippen LogP) is 5.45. The van der Waals surface area contributed by atoms with Crippen molar-refractivity contribution in [2.75, 3.05) is 13.7 Å². The van der Waals surface area contributed by atoms with Crippen LogP contribution in [-0.2, 0) is 9.53 Å². The van der Waals surface area contributed by atoms with Crippen molar-refractivity contribution in [3.8, 4) is 0 Å². The Bertz CT molecular complexity index is 653. The summed E-state index contributed by atoms with van der Waals surface area (Å²) in [6.45, 7) is 12.6. The number of hydrogen-bond acceptors (Lipinski definition) is 2. The van der Waals surface area contributed by atoms with Crippen LogP contribution in [0.3, 0.4) is 0 Å². The van der Waals surface area contributed by atoms with Crippen LogP contribution in [0.2, 0.25) is 0 Å². The number of fused-ring (bicyclic) bond motifs is 5. The quantitative estimate of drug-likeness (QED) is 0.603. The Hall–Kier alpha value is -0.830. The maximum absolute atomic E-state index is 12.4. The van der Waals surface area contributed by atoms with Gasteiger partial charge in [-0.15, -0.1) is 0 Å². The molecule has 0 spiro atoms. The van der Waals surface area contributed by atoms with E-state index in [-0.39, 0.29) is 0 Å². The van der Waals surface area contributed by atoms with E-state index in [1.807, 2.05) is 0 Å². The van der Waals surface area contributed by atoms with Gasteiger partial charge in [0.2, 0.25) is 5.91 Å². The summed E-state index contributed by atoms with van der Waals surface area (Å²) in [4.78, 5) is 14.5. The number of carbonyl (C=O) groups is 1. The molecule has 28 heavy (non-hydrogen) atoms. The van der Waals surface area contributed by atoms with Gasteiger partial charge in [0.05, 0.1) is 12.7 Å². The maximum atomic E-state index is 12.4. The van der Waals surface area contributed by atoms with E-state index in [4.69, 9.17) is 4.74 Å². The fourth-order valence-corrected chi connectivity index (χ4v) is 8.02. The molecule has 3 unspecified atom stereocenters. The van der Waals surface area contributed by atoms with Crippen LogP contribution in [0.25, 0.3) is 0 Å². The highest BCUT2D eigenvalue weighted by Gasteiger charge is 2.63. The Labute approximate surface area is 172 Å². The molecular formula is C25H41NO2. The number of likely N-dealkylation sites (tertiary alicyclic amines) is 1. The minimum Gasteiger partial charge on any atom is -0.374 e. The largest absolute Gasteiger partial charge is 0.374 e. The van der Waals surface area contributed by atoms with E-state index in [9.17, 15) is 4.79 Å². The topological polar surface area (TPSA) is 29.5 Å². The van der Waals surface area contributed by atoms with Gasteiger partial charge < -0.3 is 9.64 Å². The van der Waals surface area contributed by atoms with E-state index in [0.29, 0.717) is 34.8 Å². The monoisotopic (exact) mass is 387 g/mol. The molecule has 0 aromatic carbocycles. The third kappa shape index (κ3) is 2.99. The van der Waals surface area contributed by atoms with Gasteiger partial charge in [-0.2, -0.15) is 0 Å². The minimum atomic E-state index is 0.308. The Morgan fingerprint density at radius 2 is 1.86 bits per heavy atom. The highest BCUT2D eigenvalue weighted by atomic mass is 16.5. The van der Waals surface area contributed by atoms with Crippen LogP contribution >= 0.6 is 0 Å².